The second kappa shape index (κ2) is 4.79. The van der Waals surface area contributed by atoms with Gasteiger partial charge in [-0.05, 0) is 37.8 Å². The highest BCUT2D eigenvalue weighted by Crippen LogP contribution is 2.41. The molecule has 2 rings (SSSR count). The summed E-state index contributed by atoms with van der Waals surface area (Å²) in [6, 6.07) is 6.79. The van der Waals surface area contributed by atoms with Crippen molar-refractivity contribution in [2.75, 3.05) is 5.88 Å². The van der Waals surface area contributed by atoms with Crippen LogP contribution in [0.3, 0.4) is 0 Å². The number of hydrogen-bond acceptors (Lipinski definition) is 0. The summed E-state index contributed by atoms with van der Waals surface area (Å²) in [6.45, 7) is 4.39. The molecule has 1 aromatic carbocycles. The zero-order chi connectivity index (χ0) is 11.6. The summed E-state index contributed by atoms with van der Waals surface area (Å²) in [5.41, 5.74) is 4.53. The van der Waals surface area contributed by atoms with Gasteiger partial charge in [0.15, 0.2) is 0 Å². The molecule has 16 heavy (non-hydrogen) atoms. The Balaban J connectivity index is 2.42. The van der Waals surface area contributed by atoms with Crippen molar-refractivity contribution < 1.29 is 0 Å². The van der Waals surface area contributed by atoms with Crippen LogP contribution in [0.5, 0.6) is 0 Å². The van der Waals surface area contributed by atoms with Crippen LogP contribution in [-0.2, 0) is 5.41 Å². The highest BCUT2D eigenvalue weighted by atomic mass is 35.5. The van der Waals surface area contributed by atoms with Crippen molar-refractivity contribution in [1.82, 2.24) is 0 Å². The third-order valence-corrected chi connectivity index (χ3v) is 4.54. The maximum atomic E-state index is 6.30. The number of benzene rings is 1. The summed E-state index contributed by atoms with van der Waals surface area (Å²) in [5.74, 6) is 0.775. The first-order valence-corrected chi connectivity index (χ1v) is 6.85. The topological polar surface area (TPSA) is 0 Å². The Bertz CT molecular complexity index is 362. The molecule has 1 aliphatic carbocycles. The molecule has 0 nitrogen and oxygen atoms in total. The molecule has 1 saturated carbocycles. The van der Waals surface area contributed by atoms with Gasteiger partial charge in [-0.3, -0.25) is 0 Å². The van der Waals surface area contributed by atoms with Gasteiger partial charge in [0.25, 0.3) is 0 Å². The molecule has 0 N–H and O–H groups in total. The molecule has 0 atom stereocenters. The second-order valence-electron chi connectivity index (χ2n) is 5.29. The van der Waals surface area contributed by atoms with Gasteiger partial charge in [0.1, 0.15) is 0 Å². The van der Waals surface area contributed by atoms with Crippen LogP contribution < -0.4 is 0 Å². The van der Waals surface area contributed by atoms with Crippen molar-refractivity contribution >= 4 is 11.6 Å². The number of halogens is 1. The quantitative estimate of drug-likeness (QED) is 0.651. The largest absolute Gasteiger partial charge is 0.126 e. The minimum Gasteiger partial charge on any atom is -0.126 e. The summed E-state index contributed by atoms with van der Waals surface area (Å²) >= 11 is 6.30. The Labute approximate surface area is 104 Å². The first-order chi connectivity index (χ1) is 7.68. The maximum absolute atomic E-state index is 6.30. The van der Waals surface area contributed by atoms with E-state index in [1.807, 2.05) is 0 Å². The Hall–Kier alpha value is -0.490. The third-order valence-electron chi connectivity index (χ3n) is 4.03. The standard InChI is InChI=1S/C15H21Cl/c1-12-6-7-13(2)14(10-12)15(11-16)8-4-3-5-9-15/h6-7,10H,3-5,8-9,11H2,1-2H3. The second-order valence-corrected chi connectivity index (χ2v) is 5.56. The molecule has 0 heterocycles. The van der Waals surface area contributed by atoms with E-state index in [0.29, 0.717) is 0 Å². The molecule has 0 aliphatic heterocycles. The molecule has 1 heteroatoms. The first kappa shape index (κ1) is 12.0. The van der Waals surface area contributed by atoms with Gasteiger partial charge in [0, 0.05) is 11.3 Å². The van der Waals surface area contributed by atoms with Crippen molar-refractivity contribution in [2.24, 2.45) is 0 Å². The normalized spacial score (nSPS) is 19.7. The molecule has 1 fully saturated rings. The van der Waals surface area contributed by atoms with Gasteiger partial charge in [-0.2, -0.15) is 0 Å². The Morgan fingerprint density at radius 2 is 1.81 bits per heavy atom. The molecule has 0 aromatic heterocycles. The Morgan fingerprint density at radius 3 is 2.44 bits per heavy atom. The Kier molecular flexibility index (Phi) is 3.59. The van der Waals surface area contributed by atoms with Crippen LogP contribution in [0.4, 0.5) is 0 Å². The molecule has 1 aliphatic rings. The molecule has 0 bridgehead atoms. The fourth-order valence-electron chi connectivity index (χ4n) is 3.01. The minimum absolute atomic E-state index is 0.260. The van der Waals surface area contributed by atoms with Gasteiger partial charge in [0.2, 0.25) is 0 Å². The lowest BCUT2D eigenvalue weighted by Gasteiger charge is -2.37. The highest BCUT2D eigenvalue weighted by molar-refractivity contribution is 6.18. The number of aryl methyl sites for hydroxylation is 2. The van der Waals surface area contributed by atoms with E-state index in [1.54, 1.807) is 0 Å². The lowest BCUT2D eigenvalue weighted by atomic mass is 9.69. The van der Waals surface area contributed by atoms with Crippen molar-refractivity contribution in [3.05, 3.63) is 34.9 Å². The van der Waals surface area contributed by atoms with Gasteiger partial charge >= 0.3 is 0 Å². The van der Waals surface area contributed by atoms with Crippen molar-refractivity contribution in [1.29, 1.82) is 0 Å². The lowest BCUT2D eigenvalue weighted by molar-refractivity contribution is 0.322. The average Bonchev–Trinajstić information content (AvgIpc) is 2.33. The molecule has 88 valence electrons. The van der Waals surface area contributed by atoms with E-state index in [1.165, 1.54) is 48.8 Å². The van der Waals surface area contributed by atoms with Gasteiger partial charge in [0.05, 0.1) is 0 Å². The third kappa shape index (κ3) is 2.13. The minimum atomic E-state index is 0.260. The van der Waals surface area contributed by atoms with Gasteiger partial charge < -0.3 is 0 Å². The lowest BCUT2D eigenvalue weighted by Crippen LogP contribution is -2.31. The van der Waals surface area contributed by atoms with Crippen molar-refractivity contribution in [2.45, 2.75) is 51.4 Å². The first-order valence-electron chi connectivity index (χ1n) is 6.32. The fourth-order valence-corrected chi connectivity index (χ4v) is 3.42. The van der Waals surface area contributed by atoms with Crippen LogP contribution in [0, 0.1) is 13.8 Å². The molecule has 0 saturated heterocycles. The molecule has 0 amide bonds. The monoisotopic (exact) mass is 236 g/mol. The maximum Gasteiger partial charge on any atom is 0.0320 e. The van der Waals surface area contributed by atoms with Gasteiger partial charge in [-0.15, -0.1) is 11.6 Å². The number of alkyl halides is 1. The van der Waals surface area contributed by atoms with Crippen LogP contribution >= 0.6 is 11.6 Å². The smallest absolute Gasteiger partial charge is 0.0320 e. The summed E-state index contributed by atoms with van der Waals surface area (Å²) in [4.78, 5) is 0. The molecule has 1 aromatic rings. The molecule has 0 unspecified atom stereocenters. The van der Waals surface area contributed by atoms with Crippen molar-refractivity contribution in [3.63, 3.8) is 0 Å². The van der Waals surface area contributed by atoms with Crippen LogP contribution in [0.15, 0.2) is 18.2 Å². The zero-order valence-corrected chi connectivity index (χ0v) is 11.1. The number of rotatable bonds is 2. The zero-order valence-electron chi connectivity index (χ0n) is 10.4. The van der Waals surface area contributed by atoms with E-state index in [9.17, 15) is 0 Å². The summed E-state index contributed by atoms with van der Waals surface area (Å²) in [6.07, 6.45) is 6.57. The SMILES string of the molecule is Cc1ccc(C)c(C2(CCl)CCCCC2)c1. The summed E-state index contributed by atoms with van der Waals surface area (Å²) in [7, 11) is 0. The predicted molar refractivity (Wildman–Crippen MR) is 71.4 cm³/mol. The molecular formula is C15H21Cl. The van der Waals surface area contributed by atoms with Gasteiger partial charge in [-0.25, -0.2) is 0 Å². The van der Waals surface area contributed by atoms with Crippen LogP contribution in [0.1, 0.15) is 48.8 Å². The van der Waals surface area contributed by atoms with E-state index >= 15 is 0 Å². The van der Waals surface area contributed by atoms with E-state index in [4.69, 9.17) is 11.6 Å². The van der Waals surface area contributed by atoms with E-state index in [-0.39, 0.29) is 5.41 Å². The van der Waals surface area contributed by atoms with E-state index in [2.05, 4.69) is 32.0 Å². The van der Waals surface area contributed by atoms with Crippen LogP contribution in [0.25, 0.3) is 0 Å². The molecule has 0 spiro atoms. The molecule has 0 radical (unpaired) electrons. The summed E-state index contributed by atoms with van der Waals surface area (Å²) < 4.78 is 0. The Morgan fingerprint density at radius 1 is 1.12 bits per heavy atom. The number of hydrogen-bond donors (Lipinski definition) is 0. The van der Waals surface area contributed by atoms with Gasteiger partial charge in [-0.1, -0.05) is 43.0 Å². The summed E-state index contributed by atoms with van der Waals surface area (Å²) in [5, 5.41) is 0. The predicted octanol–water partition coefficient (Wildman–Crippen LogP) is 4.74. The van der Waals surface area contributed by atoms with Crippen molar-refractivity contribution in [3.8, 4) is 0 Å². The average molecular weight is 237 g/mol. The van der Waals surface area contributed by atoms with E-state index < -0.39 is 0 Å². The fraction of sp³-hybridized carbons (Fsp3) is 0.600. The van der Waals surface area contributed by atoms with Crippen LogP contribution in [0.2, 0.25) is 0 Å². The highest BCUT2D eigenvalue weighted by Gasteiger charge is 2.34. The van der Waals surface area contributed by atoms with E-state index in [0.717, 1.165) is 5.88 Å². The molecular weight excluding hydrogens is 216 g/mol. The van der Waals surface area contributed by atoms with Crippen LogP contribution in [-0.4, -0.2) is 5.88 Å².